The molecule has 16 heavy (non-hydrogen) atoms. The minimum absolute atomic E-state index is 0.491. The fraction of sp³-hybridized carbons (Fsp3) is 0.583. The smallest absolute Gasteiger partial charge is 0.110 e. The highest BCUT2D eigenvalue weighted by Crippen LogP contribution is 2.28. The predicted octanol–water partition coefficient (Wildman–Crippen LogP) is 2.01. The number of nitrogens with zero attached hydrogens (tertiary/aromatic N) is 1. The molecule has 4 heteroatoms. The van der Waals surface area contributed by atoms with E-state index in [1.165, 1.54) is 11.3 Å². The third-order valence-corrected chi connectivity index (χ3v) is 4.05. The molecule has 0 aromatic carbocycles. The van der Waals surface area contributed by atoms with E-state index >= 15 is 0 Å². The van der Waals surface area contributed by atoms with Gasteiger partial charge in [0, 0.05) is 18.0 Å². The van der Waals surface area contributed by atoms with E-state index in [4.69, 9.17) is 5.26 Å². The molecule has 0 saturated heterocycles. The average molecular weight is 236 g/mol. The third kappa shape index (κ3) is 2.82. The molecule has 1 aromatic heterocycles. The summed E-state index contributed by atoms with van der Waals surface area (Å²) in [6.45, 7) is 1.40. The van der Waals surface area contributed by atoms with Gasteiger partial charge in [0.05, 0.1) is 5.60 Å². The highest BCUT2D eigenvalue weighted by molar-refractivity contribution is 7.12. The van der Waals surface area contributed by atoms with Gasteiger partial charge in [-0.05, 0) is 25.0 Å². The molecule has 0 amide bonds. The molecule has 0 aliphatic heterocycles. The van der Waals surface area contributed by atoms with Crippen molar-refractivity contribution in [1.82, 2.24) is 5.32 Å². The molecular formula is C12H16N2OS. The molecule has 0 spiro atoms. The molecule has 1 aromatic rings. The molecular weight excluding hydrogens is 220 g/mol. The molecule has 1 aliphatic rings. The van der Waals surface area contributed by atoms with Crippen LogP contribution in [-0.2, 0) is 6.54 Å². The lowest BCUT2D eigenvalue weighted by Gasteiger charge is -2.22. The first-order chi connectivity index (χ1) is 7.72. The number of nitrogens with one attached hydrogen (secondary N) is 1. The van der Waals surface area contributed by atoms with Crippen LogP contribution in [0.5, 0.6) is 0 Å². The van der Waals surface area contributed by atoms with Crippen LogP contribution in [0.4, 0.5) is 0 Å². The molecule has 1 heterocycles. The topological polar surface area (TPSA) is 56.0 Å². The molecule has 0 unspecified atom stereocenters. The molecule has 1 fully saturated rings. The molecule has 0 atom stereocenters. The molecule has 1 aliphatic carbocycles. The van der Waals surface area contributed by atoms with Gasteiger partial charge >= 0.3 is 0 Å². The van der Waals surface area contributed by atoms with Crippen molar-refractivity contribution in [3.8, 4) is 6.07 Å². The maximum atomic E-state index is 10.1. The van der Waals surface area contributed by atoms with Crippen molar-refractivity contribution in [2.24, 2.45) is 0 Å². The van der Waals surface area contributed by atoms with Crippen LogP contribution in [0.15, 0.2) is 12.1 Å². The van der Waals surface area contributed by atoms with Crippen molar-refractivity contribution >= 4 is 11.3 Å². The van der Waals surface area contributed by atoms with Gasteiger partial charge in [0.15, 0.2) is 0 Å². The van der Waals surface area contributed by atoms with Crippen LogP contribution in [0.3, 0.4) is 0 Å². The Morgan fingerprint density at radius 3 is 2.81 bits per heavy atom. The summed E-state index contributed by atoms with van der Waals surface area (Å²) in [4.78, 5) is 1.90. The average Bonchev–Trinajstić information content (AvgIpc) is 2.88. The summed E-state index contributed by atoms with van der Waals surface area (Å²) in [6, 6.07) is 5.93. The SMILES string of the molecule is N#Cc1ccc(CNCC2(O)CCCC2)s1. The summed E-state index contributed by atoms with van der Waals surface area (Å²) in [5.41, 5.74) is -0.491. The van der Waals surface area contributed by atoms with E-state index in [-0.39, 0.29) is 0 Å². The van der Waals surface area contributed by atoms with Gasteiger partial charge in [0.2, 0.25) is 0 Å². The van der Waals surface area contributed by atoms with Crippen LogP contribution in [-0.4, -0.2) is 17.3 Å². The van der Waals surface area contributed by atoms with Gasteiger partial charge in [-0.3, -0.25) is 0 Å². The van der Waals surface area contributed by atoms with E-state index in [2.05, 4.69) is 11.4 Å². The standard InChI is InChI=1S/C12H16N2OS/c13-7-10-3-4-11(16-10)8-14-9-12(15)5-1-2-6-12/h3-4,14-15H,1-2,5-6,8-9H2. The molecule has 2 rings (SSSR count). The molecule has 2 N–H and O–H groups in total. The van der Waals surface area contributed by atoms with Crippen LogP contribution in [0.1, 0.15) is 35.4 Å². The Kier molecular flexibility index (Phi) is 3.59. The Bertz CT molecular complexity index is 388. The Hall–Kier alpha value is -0.890. The van der Waals surface area contributed by atoms with E-state index in [1.54, 1.807) is 0 Å². The second kappa shape index (κ2) is 4.96. The Morgan fingerprint density at radius 1 is 1.44 bits per heavy atom. The Morgan fingerprint density at radius 2 is 2.19 bits per heavy atom. The normalized spacial score (nSPS) is 18.5. The van der Waals surface area contributed by atoms with Gasteiger partial charge in [-0.1, -0.05) is 12.8 Å². The maximum absolute atomic E-state index is 10.1. The molecule has 3 nitrogen and oxygen atoms in total. The first kappa shape index (κ1) is 11.6. The number of rotatable bonds is 4. The van der Waals surface area contributed by atoms with Crippen molar-refractivity contribution in [3.63, 3.8) is 0 Å². The summed E-state index contributed by atoms with van der Waals surface area (Å²) >= 11 is 1.51. The van der Waals surface area contributed by atoms with Crippen LogP contribution in [0.25, 0.3) is 0 Å². The largest absolute Gasteiger partial charge is 0.389 e. The number of nitriles is 1. The minimum atomic E-state index is -0.491. The summed E-state index contributed by atoms with van der Waals surface area (Å²) in [5, 5.41) is 22.1. The van der Waals surface area contributed by atoms with Gasteiger partial charge in [-0.25, -0.2) is 0 Å². The van der Waals surface area contributed by atoms with E-state index in [9.17, 15) is 5.11 Å². The fourth-order valence-corrected chi connectivity index (χ4v) is 2.94. The third-order valence-electron chi connectivity index (χ3n) is 3.06. The zero-order valence-electron chi connectivity index (χ0n) is 9.20. The molecule has 1 saturated carbocycles. The summed E-state index contributed by atoms with van der Waals surface area (Å²) in [7, 11) is 0. The highest BCUT2D eigenvalue weighted by Gasteiger charge is 2.30. The number of thiophene rings is 1. The van der Waals surface area contributed by atoms with E-state index in [0.29, 0.717) is 6.54 Å². The molecule has 86 valence electrons. The van der Waals surface area contributed by atoms with Crippen LogP contribution < -0.4 is 5.32 Å². The first-order valence-electron chi connectivity index (χ1n) is 5.64. The molecule has 0 bridgehead atoms. The summed E-state index contributed by atoms with van der Waals surface area (Å²) in [5.74, 6) is 0. The fourth-order valence-electron chi connectivity index (χ4n) is 2.16. The van der Waals surface area contributed by atoms with E-state index < -0.39 is 5.60 Å². The van der Waals surface area contributed by atoms with Crippen LogP contribution >= 0.6 is 11.3 Å². The quantitative estimate of drug-likeness (QED) is 0.841. The zero-order chi connectivity index (χ0) is 11.4. The molecule has 0 radical (unpaired) electrons. The van der Waals surface area contributed by atoms with Crippen molar-refractivity contribution in [1.29, 1.82) is 5.26 Å². The maximum Gasteiger partial charge on any atom is 0.110 e. The monoisotopic (exact) mass is 236 g/mol. The van der Waals surface area contributed by atoms with Gasteiger partial charge < -0.3 is 10.4 Å². The minimum Gasteiger partial charge on any atom is -0.389 e. The second-order valence-electron chi connectivity index (χ2n) is 4.41. The van der Waals surface area contributed by atoms with E-state index in [1.807, 2.05) is 12.1 Å². The zero-order valence-corrected chi connectivity index (χ0v) is 10.0. The van der Waals surface area contributed by atoms with Crippen molar-refractivity contribution < 1.29 is 5.11 Å². The van der Waals surface area contributed by atoms with Gasteiger partial charge in [-0.2, -0.15) is 5.26 Å². The first-order valence-corrected chi connectivity index (χ1v) is 6.45. The lowest BCUT2D eigenvalue weighted by molar-refractivity contribution is 0.0475. The number of hydrogen-bond donors (Lipinski definition) is 2. The second-order valence-corrected chi connectivity index (χ2v) is 5.58. The highest BCUT2D eigenvalue weighted by atomic mass is 32.1. The van der Waals surface area contributed by atoms with Crippen molar-refractivity contribution in [3.05, 3.63) is 21.9 Å². The lowest BCUT2D eigenvalue weighted by atomic mass is 10.0. The predicted molar refractivity (Wildman–Crippen MR) is 64.2 cm³/mol. The van der Waals surface area contributed by atoms with Gasteiger partial charge in [0.1, 0.15) is 10.9 Å². The van der Waals surface area contributed by atoms with Crippen molar-refractivity contribution in [2.45, 2.75) is 37.8 Å². The van der Waals surface area contributed by atoms with Crippen LogP contribution in [0, 0.1) is 11.3 Å². The number of aliphatic hydroxyl groups is 1. The summed E-state index contributed by atoms with van der Waals surface area (Å²) in [6.07, 6.45) is 4.09. The summed E-state index contributed by atoms with van der Waals surface area (Å²) < 4.78 is 0. The lowest BCUT2D eigenvalue weighted by Crippen LogP contribution is -2.37. The Labute approximate surface area is 99.7 Å². The van der Waals surface area contributed by atoms with E-state index in [0.717, 1.165) is 42.0 Å². The van der Waals surface area contributed by atoms with Gasteiger partial charge in [0.25, 0.3) is 0 Å². The van der Waals surface area contributed by atoms with Crippen molar-refractivity contribution in [2.75, 3.05) is 6.54 Å². The number of hydrogen-bond acceptors (Lipinski definition) is 4. The Balaban J connectivity index is 1.77. The van der Waals surface area contributed by atoms with Crippen LogP contribution in [0.2, 0.25) is 0 Å². The van der Waals surface area contributed by atoms with Gasteiger partial charge in [-0.15, -0.1) is 11.3 Å².